The normalized spacial score (nSPS) is 11.7. The van der Waals surface area contributed by atoms with Crippen molar-refractivity contribution < 1.29 is 27.9 Å². The fourth-order valence-corrected chi connectivity index (χ4v) is 1.29. The number of halogens is 3. The van der Waals surface area contributed by atoms with Crippen molar-refractivity contribution in [1.82, 2.24) is 15.2 Å². The van der Waals surface area contributed by atoms with Crippen LogP contribution in [-0.2, 0) is 11.0 Å². The number of hydrogen-bond acceptors (Lipinski definition) is 4. The van der Waals surface area contributed by atoms with Gasteiger partial charge in [0, 0.05) is 0 Å². The maximum atomic E-state index is 12.5. The van der Waals surface area contributed by atoms with Crippen LogP contribution in [0.2, 0.25) is 0 Å². The number of alkyl halides is 3. The molecule has 0 radical (unpaired) electrons. The summed E-state index contributed by atoms with van der Waals surface area (Å²) in [5.41, 5.74) is -0.767. The second kappa shape index (κ2) is 4.17. The minimum atomic E-state index is -4.50. The Kier molecular flexibility index (Phi) is 2.81. The van der Waals surface area contributed by atoms with Gasteiger partial charge in [0.25, 0.3) is 0 Å². The van der Waals surface area contributed by atoms with Crippen LogP contribution in [0, 0.1) is 0 Å². The first kappa shape index (κ1) is 12.1. The first-order valence-electron chi connectivity index (χ1n) is 4.65. The summed E-state index contributed by atoms with van der Waals surface area (Å²) in [6.45, 7) is -0.727. The Morgan fingerprint density at radius 2 is 2.17 bits per heavy atom. The molecule has 0 unspecified atom stereocenters. The maximum Gasteiger partial charge on any atom is 0.416 e. The largest absolute Gasteiger partial charge is 0.479 e. The Morgan fingerprint density at radius 1 is 1.44 bits per heavy atom. The summed E-state index contributed by atoms with van der Waals surface area (Å²) < 4.78 is 37.4. The van der Waals surface area contributed by atoms with E-state index in [1.54, 1.807) is 0 Å². The molecule has 0 aliphatic rings. The Morgan fingerprint density at radius 3 is 2.78 bits per heavy atom. The molecule has 0 aliphatic carbocycles. The molecule has 9 heteroatoms. The highest BCUT2D eigenvalue weighted by Gasteiger charge is 2.31. The summed E-state index contributed by atoms with van der Waals surface area (Å²) in [6, 6.07) is 2.78. The molecule has 1 aromatic carbocycles. The predicted molar refractivity (Wildman–Crippen MR) is 51.6 cm³/mol. The molecular formula is C9H6F3N3O3. The third-order valence-corrected chi connectivity index (χ3v) is 2.05. The minimum absolute atomic E-state index is 0.0499. The van der Waals surface area contributed by atoms with Gasteiger partial charge in [-0.05, 0) is 23.4 Å². The highest BCUT2D eigenvalue weighted by Crippen LogP contribution is 2.30. The molecule has 0 spiro atoms. The lowest BCUT2D eigenvalue weighted by atomic mass is 10.2. The lowest BCUT2D eigenvalue weighted by Crippen LogP contribution is -2.20. The van der Waals surface area contributed by atoms with Crippen LogP contribution in [0.5, 0.6) is 0 Å². The van der Waals surface area contributed by atoms with Crippen LogP contribution in [0.3, 0.4) is 0 Å². The quantitative estimate of drug-likeness (QED) is 0.890. The van der Waals surface area contributed by atoms with Gasteiger partial charge in [-0.1, -0.05) is 4.85 Å². The standard InChI is InChI=1S/C9H6F3N3O3/c10-9(11,12)5-1-2-6-7(3-5)15(14-13-6)18-4-8(16)17/h1-3H,4H2,(H,16,17). The van der Waals surface area contributed by atoms with Gasteiger partial charge >= 0.3 is 12.1 Å². The Labute approximate surface area is 97.5 Å². The molecular weight excluding hydrogens is 255 g/mol. The summed E-state index contributed by atoms with van der Waals surface area (Å²) in [4.78, 5) is 15.6. The Bertz CT molecular complexity index is 593. The number of rotatable bonds is 3. The molecule has 0 amide bonds. The fraction of sp³-hybridized carbons (Fsp3) is 0.222. The van der Waals surface area contributed by atoms with E-state index < -0.39 is 24.3 Å². The number of benzene rings is 1. The van der Waals surface area contributed by atoms with Gasteiger partial charge in [0.1, 0.15) is 11.0 Å². The van der Waals surface area contributed by atoms with Gasteiger partial charge in [-0.2, -0.15) is 13.2 Å². The van der Waals surface area contributed by atoms with Gasteiger partial charge in [-0.25, -0.2) is 4.79 Å². The summed E-state index contributed by atoms with van der Waals surface area (Å²) in [5.74, 6) is -1.27. The summed E-state index contributed by atoms with van der Waals surface area (Å²) in [6.07, 6.45) is -4.50. The number of hydrogen-bond donors (Lipinski definition) is 1. The van der Waals surface area contributed by atoms with E-state index >= 15 is 0 Å². The van der Waals surface area contributed by atoms with Crippen LogP contribution in [0.15, 0.2) is 18.2 Å². The summed E-state index contributed by atoms with van der Waals surface area (Å²) in [7, 11) is 0. The van der Waals surface area contributed by atoms with Gasteiger partial charge in [0.05, 0.1) is 5.56 Å². The molecule has 6 nitrogen and oxygen atoms in total. The average Bonchev–Trinajstić information content (AvgIpc) is 2.67. The monoisotopic (exact) mass is 261 g/mol. The van der Waals surface area contributed by atoms with Crippen molar-refractivity contribution in [2.75, 3.05) is 6.61 Å². The molecule has 0 aliphatic heterocycles. The smallest absolute Gasteiger partial charge is 0.416 e. The van der Waals surface area contributed by atoms with Gasteiger partial charge < -0.3 is 9.94 Å². The van der Waals surface area contributed by atoms with Crippen LogP contribution in [0.1, 0.15) is 5.56 Å². The molecule has 0 atom stereocenters. The maximum absolute atomic E-state index is 12.5. The van der Waals surface area contributed by atoms with E-state index in [2.05, 4.69) is 15.1 Å². The molecule has 2 aromatic rings. The highest BCUT2D eigenvalue weighted by molar-refractivity contribution is 5.75. The molecule has 0 saturated heterocycles. The van der Waals surface area contributed by atoms with Gasteiger partial charge in [0.2, 0.25) is 6.61 Å². The van der Waals surface area contributed by atoms with Crippen molar-refractivity contribution in [3.8, 4) is 0 Å². The van der Waals surface area contributed by atoms with Crippen LogP contribution in [0.25, 0.3) is 11.0 Å². The van der Waals surface area contributed by atoms with E-state index in [1.807, 2.05) is 0 Å². The number of carbonyl (C=O) groups is 1. The van der Waals surface area contributed by atoms with Crippen molar-refractivity contribution in [1.29, 1.82) is 0 Å². The number of fused-ring (bicyclic) bond motifs is 1. The van der Waals surface area contributed by atoms with Crippen LogP contribution in [-0.4, -0.2) is 32.8 Å². The van der Waals surface area contributed by atoms with Crippen molar-refractivity contribution >= 4 is 17.0 Å². The number of nitrogens with zero attached hydrogens (tertiary/aromatic N) is 3. The van der Waals surface area contributed by atoms with E-state index in [-0.39, 0.29) is 11.0 Å². The minimum Gasteiger partial charge on any atom is -0.479 e. The van der Waals surface area contributed by atoms with Crippen LogP contribution < -0.4 is 4.84 Å². The highest BCUT2D eigenvalue weighted by atomic mass is 19.4. The SMILES string of the molecule is O=C(O)COn1nnc2ccc(C(F)(F)F)cc21. The van der Waals surface area contributed by atoms with Crippen molar-refractivity contribution in [2.24, 2.45) is 0 Å². The van der Waals surface area contributed by atoms with Gasteiger partial charge in [-0.3, -0.25) is 0 Å². The molecule has 18 heavy (non-hydrogen) atoms. The Balaban J connectivity index is 2.40. The van der Waals surface area contributed by atoms with E-state index in [1.165, 1.54) is 0 Å². The molecule has 96 valence electrons. The van der Waals surface area contributed by atoms with Gasteiger partial charge in [-0.15, -0.1) is 5.10 Å². The zero-order valence-electron chi connectivity index (χ0n) is 8.68. The first-order chi connectivity index (χ1) is 8.38. The second-order valence-corrected chi connectivity index (χ2v) is 3.33. The lowest BCUT2D eigenvalue weighted by molar-refractivity contribution is -0.143. The predicted octanol–water partition coefficient (Wildman–Crippen LogP) is 0.963. The molecule has 0 bridgehead atoms. The van der Waals surface area contributed by atoms with Gasteiger partial charge in [0.15, 0.2) is 0 Å². The van der Waals surface area contributed by atoms with Crippen molar-refractivity contribution in [2.45, 2.75) is 6.18 Å². The lowest BCUT2D eigenvalue weighted by Gasteiger charge is -2.06. The third-order valence-electron chi connectivity index (χ3n) is 2.05. The van der Waals surface area contributed by atoms with E-state index in [4.69, 9.17) is 5.11 Å². The zero-order valence-corrected chi connectivity index (χ0v) is 8.68. The molecule has 1 N–H and O–H groups in total. The van der Waals surface area contributed by atoms with E-state index in [9.17, 15) is 18.0 Å². The van der Waals surface area contributed by atoms with Crippen LogP contribution in [0.4, 0.5) is 13.2 Å². The second-order valence-electron chi connectivity index (χ2n) is 3.33. The number of carboxylic acids is 1. The van der Waals surface area contributed by atoms with Crippen LogP contribution >= 0.6 is 0 Å². The number of aromatic nitrogens is 3. The molecule has 1 heterocycles. The van der Waals surface area contributed by atoms with Crippen molar-refractivity contribution in [3.05, 3.63) is 23.8 Å². The Hall–Kier alpha value is -2.32. The average molecular weight is 261 g/mol. The zero-order chi connectivity index (χ0) is 13.3. The molecule has 0 saturated carbocycles. The first-order valence-corrected chi connectivity index (χ1v) is 4.65. The van der Waals surface area contributed by atoms with E-state index in [0.29, 0.717) is 4.85 Å². The molecule has 0 fully saturated rings. The summed E-state index contributed by atoms with van der Waals surface area (Å²) >= 11 is 0. The van der Waals surface area contributed by atoms with E-state index in [0.717, 1.165) is 18.2 Å². The summed E-state index contributed by atoms with van der Waals surface area (Å²) in [5, 5.41) is 15.4. The van der Waals surface area contributed by atoms with Crippen molar-refractivity contribution in [3.63, 3.8) is 0 Å². The fourth-order valence-electron chi connectivity index (χ4n) is 1.29. The topological polar surface area (TPSA) is 77.2 Å². The number of aliphatic carboxylic acids is 1. The molecule has 2 rings (SSSR count). The molecule has 1 aromatic heterocycles. The third kappa shape index (κ3) is 2.34. The number of carboxylic acid groups (broad SMARTS) is 1.